The van der Waals surface area contributed by atoms with Gasteiger partial charge in [-0.25, -0.2) is 0 Å². The fraction of sp³-hybridized carbons (Fsp3) is 0.200. The van der Waals surface area contributed by atoms with Crippen molar-refractivity contribution in [2.24, 2.45) is 0 Å². The maximum atomic E-state index is 8.89. The molecule has 3 aromatic rings. The van der Waals surface area contributed by atoms with Crippen molar-refractivity contribution in [1.29, 1.82) is 5.26 Å². The fourth-order valence-electron chi connectivity index (χ4n) is 3.01. The molecule has 1 N–H and O–H groups in total. The Morgan fingerprint density at radius 3 is 2.27 bits per heavy atom. The number of morpholine rings is 1. The summed E-state index contributed by atoms with van der Waals surface area (Å²) >= 11 is 0. The first-order chi connectivity index (χ1) is 12.3. The molecule has 1 aliphatic rings. The van der Waals surface area contributed by atoms with Crippen LogP contribution in [0.1, 0.15) is 5.56 Å². The Bertz CT molecular complexity index is 891. The van der Waals surface area contributed by atoms with Crippen molar-refractivity contribution in [2.75, 3.05) is 31.2 Å². The van der Waals surface area contributed by atoms with Crippen molar-refractivity contribution in [1.82, 2.24) is 10.2 Å². The van der Waals surface area contributed by atoms with Gasteiger partial charge in [0.15, 0.2) is 0 Å². The monoisotopic (exact) mass is 366 g/mol. The van der Waals surface area contributed by atoms with Gasteiger partial charge in [0.25, 0.3) is 0 Å². The number of aromatic amines is 1. The number of halogens is 1. The Labute approximate surface area is 158 Å². The van der Waals surface area contributed by atoms with Crippen molar-refractivity contribution in [3.63, 3.8) is 0 Å². The van der Waals surface area contributed by atoms with Gasteiger partial charge in [-0.3, -0.25) is 5.10 Å². The van der Waals surface area contributed by atoms with Gasteiger partial charge in [0, 0.05) is 24.3 Å². The maximum Gasteiger partial charge on any atom is 0.0991 e. The number of nitrogens with one attached hydrogen (secondary N) is 1. The predicted octanol–water partition coefficient (Wildman–Crippen LogP) is 3.87. The Kier molecular flexibility index (Phi) is 5.57. The third kappa shape index (κ3) is 3.72. The SMILES string of the molecule is Cl.N#Cc1ccc(-c2cc(-c3ccc(N4CCOCC4)cc3)n[nH]2)cc1. The van der Waals surface area contributed by atoms with E-state index < -0.39 is 0 Å². The minimum absolute atomic E-state index is 0. The van der Waals surface area contributed by atoms with Crippen LogP contribution in [0.4, 0.5) is 5.69 Å². The molecule has 132 valence electrons. The van der Waals surface area contributed by atoms with E-state index in [-0.39, 0.29) is 12.4 Å². The number of rotatable bonds is 3. The van der Waals surface area contributed by atoms with Crippen LogP contribution in [0.2, 0.25) is 0 Å². The number of benzene rings is 2. The summed E-state index contributed by atoms with van der Waals surface area (Å²) in [6, 6.07) is 20.1. The van der Waals surface area contributed by atoms with Crippen molar-refractivity contribution in [3.8, 4) is 28.6 Å². The van der Waals surface area contributed by atoms with E-state index in [9.17, 15) is 0 Å². The molecular weight excluding hydrogens is 348 g/mol. The fourth-order valence-corrected chi connectivity index (χ4v) is 3.01. The van der Waals surface area contributed by atoms with Crippen LogP contribution in [0.15, 0.2) is 54.6 Å². The molecule has 0 bridgehead atoms. The topological polar surface area (TPSA) is 64.9 Å². The number of ether oxygens (including phenoxy) is 1. The Balaban J connectivity index is 0.00000196. The van der Waals surface area contributed by atoms with Crippen LogP contribution in [-0.2, 0) is 4.74 Å². The molecule has 1 saturated heterocycles. The van der Waals surface area contributed by atoms with Gasteiger partial charge in [0.1, 0.15) is 0 Å². The van der Waals surface area contributed by atoms with Crippen LogP contribution in [0.5, 0.6) is 0 Å². The quantitative estimate of drug-likeness (QED) is 0.764. The van der Waals surface area contributed by atoms with E-state index in [1.54, 1.807) is 0 Å². The van der Waals surface area contributed by atoms with Crippen molar-refractivity contribution < 1.29 is 4.74 Å². The number of anilines is 1. The van der Waals surface area contributed by atoms with Crippen LogP contribution < -0.4 is 4.90 Å². The second kappa shape index (κ2) is 8.05. The largest absolute Gasteiger partial charge is 0.378 e. The Hall–Kier alpha value is -2.81. The molecule has 2 heterocycles. The standard InChI is InChI=1S/C20H18N4O.ClH/c21-14-15-1-3-16(4-2-15)19-13-20(23-22-19)17-5-7-18(8-6-17)24-9-11-25-12-10-24;/h1-8,13H,9-12H2,(H,22,23);1H. The highest BCUT2D eigenvalue weighted by Gasteiger charge is 2.12. The third-order valence-corrected chi connectivity index (χ3v) is 4.44. The van der Waals surface area contributed by atoms with E-state index in [2.05, 4.69) is 45.4 Å². The van der Waals surface area contributed by atoms with E-state index in [0.29, 0.717) is 5.56 Å². The van der Waals surface area contributed by atoms with Crippen LogP contribution >= 0.6 is 12.4 Å². The normalized spacial score (nSPS) is 13.7. The van der Waals surface area contributed by atoms with Gasteiger partial charge in [-0.1, -0.05) is 24.3 Å². The second-order valence-electron chi connectivity index (χ2n) is 6.00. The summed E-state index contributed by atoms with van der Waals surface area (Å²) in [6.07, 6.45) is 0. The van der Waals surface area contributed by atoms with Gasteiger partial charge in [0.05, 0.1) is 36.2 Å². The van der Waals surface area contributed by atoms with E-state index in [0.717, 1.165) is 48.8 Å². The summed E-state index contributed by atoms with van der Waals surface area (Å²) in [5.41, 5.74) is 5.82. The average molecular weight is 367 g/mol. The molecule has 5 nitrogen and oxygen atoms in total. The summed E-state index contributed by atoms with van der Waals surface area (Å²) < 4.78 is 5.40. The van der Waals surface area contributed by atoms with E-state index >= 15 is 0 Å². The molecule has 0 amide bonds. The lowest BCUT2D eigenvalue weighted by atomic mass is 10.1. The summed E-state index contributed by atoms with van der Waals surface area (Å²) in [4.78, 5) is 2.33. The van der Waals surface area contributed by atoms with Crippen LogP contribution in [-0.4, -0.2) is 36.5 Å². The van der Waals surface area contributed by atoms with Gasteiger partial charge < -0.3 is 9.64 Å². The third-order valence-electron chi connectivity index (χ3n) is 4.44. The Morgan fingerprint density at radius 2 is 1.62 bits per heavy atom. The second-order valence-corrected chi connectivity index (χ2v) is 6.00. The van der Waals surface area contributed by atoms with Crippen molar-refractivity contribution in [3.05, 3.63) is 60.2 Å². The highest BCUT2D eigenvalue weighted by Crippen LogP contribution is 2.26. The molecule has 4 rings (SSSR count). The lowest BCUT2D eigenvalue weighted by Crippen LogP contribution is -2.36. The summed E-state index contributed by atoms with van der Waals surface area (Å²) in [5.74, 6) is 0. The molecule has 0 radical (unpaired) electrons. The molecular formula is C20H19ClN4O. The number of hydrogen-bond acceptors (Lipinski definition) is 4. The smallest absolute Gasteiger partial charge is 0.0991 e. The molecule has 0 atom stereocenters. The van der Waals surface area contributed by atoms with E-state index in [1.165, 1.54) is 5.69 Å². The molecule has 0 spiro atoms. The average Bonchev–Trinajstić information content (AvgIpc) is 3.19. The lowest BCUT2D eigenvalue weighted by molar-refractivity contribution is 0.122. The Morgan fingerprint density at radius 1 is 0.962 bits per heavy atom. The summed E-state index contributed by atoms with van der Waals surface area (Å²) in [6.45, 7) is 3.44. The minimum atomic E-state index is 0. The molecule has 0 saturated carbocycles. The highest BCUT2D eigenvalue weighted by atomic mass is 35.5. The molecule has 0 aliphatic carbocycles. The van der Waals surface area contributed by atoms with Gasteiger partial charge in [-0.2, -0.15) is 10.4 Å². The molecule has 6 heteroatoms. The maximum absolute atomic E-state index is 8.89. The van der Waals surface area contributed by atoms with Gasteiger partial charge in [0.2, 0.25) is 0 Å². The first-order valence-electron chi connectivity index (χ1n) is 8.32. The van der Waals surface area contributed by atoms with Crippen LogP contribution in [0, 0.1) is 11.3 Å². The summed E-state index contributed by atoms with van der Waals surface area (Å²) in [7, 11) is 0. The molecule has 0 unspecified atom stereocenters. The van der Waals surface area contributed by atoms with Crippen molar-refractivity contribution >= 4 is 18.1 Å². The molecule has 1 aromatic heterocycles. The zero-order chi connectivity index (χ0) is 17.1. The number of aromatic nitrogens is 2. The van der Waals surface area contributed by atoms with Gasteiger partial charge in [-0.15, -0.1) is 12.4 Å². The molecule has 1 fully saturated rings. The van der Waals surface area contributed by atoms with Gasteiger partial charge in [-0.05, 0) is 35.9 Å². The van der Waals surface area contributed by atoms with Crippen LogP contribution in [0.3, 0.4) is 0 Å². The molecule has 2 aromatic carbocycles. The zero-order valence-electron chi connectivity index (χ0n) is 14.2. The molecule has 26 heavy (non-hydrogen) atoms. The van der Waals surface area contributed by atoms with E-state index in [4.69, 9.17) is 10.00 Å². The van der Waals surface area contributed by atoms with E-state index in [1.807, 2.05) is 30.3 Å². The highest BCUT2D eigenvalue weighted by molar-refractivity contribution is 5.85. The number of H-pyrrole nitrogens is 1. The molecule has 1 aliphatic heterocycles. The summed E-state index contributed by atoms with van der Waals surface area (Å²) in [5, 5.41) is 16.4. The minimum Gasteiger partial charge on any atom is -0.378 e. The zero-order valence-corrected chi connectivity index (χ0v) is 15.0. The number of hydrogen-bond donors (Lipinski definition) is 1. The number of nitrogens with zero attached hydrogens (tertiary/aromatic N) is 3. The predicted molar refractivity (Wildman–Crippen MR) is 104 cm³/mol. The first-order valence-corrected chi connectivity index (χ1v) is 8.32. The van der Waals surface area contributed by atoms with Crippen molar-refractivity contribution in [2.45, 2.75) is 0 Å². The first kappa shape index (κ1) is 18.0. The number of nitriles is 1. The van der Waals surface area contributed by atoms with Gasteiger partial charge >= 0.3 is 0 Å². The van der Waals surface area contributed by atoms with Crippen LogP contribution in [0.25, 0.3) is 22.5 Å². The lowest BCUT2D eigenvalue weighted by Gasteiger charge is -2.28.